The van der Waals surface area contributed by atoms with Crippen molar-refractivity contribution in [2.45, 2.75) is 12.8 Å². The van der Waals surface area contributed by atoms with Crippen molar-refractivity contribution < 1.29 is 18.7 Å². The largest absolute Gasteiger partial charge is 0.396 e. The molecule has 0 aromatic heterocycles. The van der Waals surface area contributed by atoms with Crippen molar-refractivity contribution in [1.29, 1.82) is 0 Å². The number of hydrogen-bond donors (Lipinski definition) is 1. The minimum atomic E-state index is -0.814. The molecule has 1 aliphatic rings. The topological polar surface area (TPSA) is 43.8 Å². The summed E-state index contributed by atoms with van der Waals surface area (Å²) in [6, 6.07) is 3.45. The number of halogens is 2. The van der Waals surface area contributed by atoms with Gasteiger partial charge in [-0.2, -0.15) is 0 Å². The third-order valence-corrected chi connectivity index (χ3v) is 3.72. The number of piperazine rings is 1. The van der Waals surface area contributed by atoms with Gasteiger partial charge in [-0.05, 0) is 31.5 Å². The smallest absolute Gasteiger partial charge is 0.259 e. The fourth-order valence-corrected chi connectivity index (χ4v) is 2.48. The lowest BCUT2D eigenvalue weighted by atomic mass is 10.1. The van der Waals surface area contributed by atoms with Crippen molar-refractivity contribution in [3.05, 3.63) is 35.4 Å². The van der Waals surface area contributed by atoms with Gasteiger partial charge in [-0.15, -0.1) is 0 Å². The summed E-state index contributed by atoms with van der Waals surface area (Å²) in [5.41, 5.74) is -0.466. The quantitative estimate of drug-likeness (QED) is 0.838. The lowest BCUT2D eigenvalue weighted by Gasteiger charge is -2.34. The maximum Gasteiger partial charge on any atom is 0.259 e. The summed E-state index contributed by atoms with van der Waals surface area (Å²) in [6.45, 7) is 3.36. The molecule has 1 aliphatic heterocycles. The van der Waals surface area contributed by atoms with E-state index in [9.17, 15) is 13.6 Å². The first kappa shape index (κ1) is 15.9. The van der Waals surface area contributed by atoms with Crippen molar-refractivity contribution in [1.82, 2.24) is 9.80 Å². The molecular weight excluding hydrogens is 278 g/mol. The highest BCUT2D eigenvalue weighted by molar-refractivity contribution is 5.94. The van der Waals surface area contributed by atoms with E-state index in [1.807, 2.05) is 0 Å². The van der Waals surface area contributed by atoms with Crippen molar-refractivity contribution >= 4 is 5.91 Å². The van der Waals surface area contributed by atoms with Crippen LogP contribution in [-0.4, -0.2) is 60.1 Å². The molecule has 4 nitrogen and oxygen atoms in total. The van der Waals surface area contributed by atoms with Gasteiger partial charge in [0.05, 0.1) is 0 Å². The van der Waals surface area contributed by atoms with Crippen LogP contribution in [0.5, 0.6) is 0 Å². The first-order valence-corrected chi connectivity index (χ1v) is 7.20. The van der Waals surface area contributed by atoms with Crippen LogP contribution in [0.15, 0.2) is 18.2 Å². The second-order valence-electron chi connectivity index (χ2n) is 5.16. The average molecular weight is 298 g/mol. The predicted octanol–water partition coefficient (Wildman–Crippen LogP) is 1.50. The van der Waals surface area contributed by atoms with E-state index in [4.69, 9.17) is 5.11 Å². The fraction of sp³-hybridized carbons (Fsp3) is 0.533. The molecule has 0 saturated carbocycles. The Balaban J connectivity index is 1.91. The van der Waals surface area contributed by atoms with Crippen LogP contribution < -0.4 is 0 Å². The van der Waals surface area contributed by atoms with Crippen LogP contribution in [0.1, 0.15) is 23.2 Å². The summed E-state index contributed by atoms with van der Waals surface area (Å²) in [5, 5.41) is 8.75. The molecule has 1 saturated heterocycles. The molecule has 1 aromatic carbocycles. The van der Waals surface area contributed by atoms with Gasteiger partial charge in [0, 0.05) is 32.8 Å². The number of aliphatic hydroxyl groups is 1. The molecule has 2 rings (SSSR count). The highest BCUT2D eigenvalue weighted by atomic mass is 19.1. The lowest BCUT2D eigenvalue weighted by Crippen LogP contribution is -2.49. The maximum absolute atomic E-state index is 13.6. The average Bonchev–Trinajstić information content (AvgIpc) is 2.48. The number of carbonyl (C=O) groups is 1. The van der Waals surface area contributed by atoms with Gasteiger partial charge in [-0.25, -0.2) is 8.78 Å². The molecule has 6 heteroatoms. The Labute approximate surface area is 123 Å². The molecule has 0 spiro atoms. The minimum absolute atomic E-state index is 0.186. The highest BCUT2D eigenvalue weighted by Gasteiger charge is 2.26. The molecule has 116 valence electrons. The maximum atomic E-state index is 13.6. The SMILES string of the molecule is O=C(c1c(F)cccc1F)N1CCN(CCCCO)CC1. The highest BCUT2D eigenvalue weighted by Crippen LogP contribution is 2.16. The van der Waals surface area contributed by atoms with E-state index < -0.39 is 23.1 Å². The minimum Gasteiger partial charge on any atom is -0.396 e. The van der Waals surface area contributed by atoms with E-state index >= 15 is 0 Å². The van der Waals surface area contributed by atoms with Gasteiger partial charge in [0.25, 0.3) is 5.91 Å². The normalized spacial score (nSPS) is 16.2. The van der Waals surface area contributed by atoms with Gasteiger partial charge in [-0.3, -0.25) is 9.69 Å². The van der Waals surface area contributed by atoms with Crippen LogP contribution in [0.3, 0.4) is 0 Å². The Kier molecular flexibility index (Phi) is 5.64. The van der Waals surface area contributed by atoms with Crippen molar-refractivity contribution in [2.75, 3.05) is 39.3 Å². The number of rotatable bonds is 5. The summed E-state index contributed by atoms with van der Waals surface area (Å²) < 4.78 is 27.2. The molecule has 1 N–H and O–H groups in total. The van der Waals surface area contributed by atoms with Gasteiger partial charge < -0.3 is 10.0 Å². The number of aliphatic hydroxyl groups excluding tert-OH is 1. The summed E-state index contributed by atoms with van der Waals surface area (Å²) in [4.78, 5) is 15.9. The zero-order valence-corrected chi connectivity index (χ0v) is 11.9. The molecule has 1 fully saturated rings. The second kappa shape index (κ2) is 7.47. The standard InChI is InChI=1S/C15H20F2N2O2/c16-12-4-3-5-13(17)14(12)15(21)19-9-7-18(8-10-19)6-1-2-11-20/h3-5,20H,1-2,6-11H2. The van der Waals surface area contributed by atoms with Crippen LogP contribution in [0.4, 0.5) is 8.78 Å². The van der Waals surface area contributed by atoms with E-state index in [0.717, 1.165) is 31.5 Å². The Bertz CT molecular complexity index is 468. The summed E-state index contributed by atoms with van der Waals surface area (Å²) in [5.74, 6) is -2.21. The molecule has 0 radical (unpaired) electrons. The van der Waals surface area contributed by atoms with E-state index in [1.54, 1.807) is 0 Å². The Morgan fingerprint density at radius 3 is 2.29 bits per heavy atom. The molecule has 0 aliphatic carbocycles. The Morgan fingerprint density at radius 2 is 1.71 bits per heavy atom. The van der Waals surface area contributed by atoms with E-state index in [0.29, 0.717) is 26.2 Å². The number of nitrogens with zero attached hydrogens (tertiary/aromatic N) is 2. The molecule has 1 amide bonds. The summed E-state index contributed by atoms with van der Waals surface area (Å²) in [7, 11) is 0. The van der Waals surface area contributed by atoms with Gasteiger partial charge in [-0.1, -0.05) is 6.07 Å². The predicted molar refractivity (Wildman–Crippen MR) is 75.0 cm³/mol. The van der Waals surface area contributed by atoms with Crippen LogP contribution in [0, 0.1) is 11.6 Å². The third-order valence-electron chi connectivity index (χ3n) is 3.72. The number of carbonyl (C=O) groups excluding carboxylic acids is 1. The molecule has 1 heterocycles. The van der Waals surface area contributed by atoms with Gasteiger partial charge in [0.1, 0.15) is 17.2 Å². The fourth-order valence-electron chi connectivity index (χ4n) is 2.48. The van der Waals surface area contributed by atoms with Crippen LogP contribution in [0.2, 0.25) is 0 Å². The number of benzene rings is 1. The third kappa shape index (κ3) is 3.98. The summed E-state index contributed by atoms with van der Waals surface area (Å²) >= 11 is 0. The number of unbranched alkanes of at least 4 members (excludes halogenated alkanes) is 1. The van der Waals surface area contributed by atoms with Crippen LogP contribution in [-0.2, 0) is 0 Å². The number of amides is 1. The zero-order chi connectivity index (χ0) is 15.2. The molecular formula is C15H20F2N2O2. The monoisotopic (exact) mass is 298 g/mol. The van der Waals surface area contributed by atoms with Crippen molar-refractivity contribution in [3.8, 4) is 0 Å². The number of hydrogen-bond acceptors (Lipinski definition) is 3. The van der Waals surface area contributed by atoms with Crippen molar-refractivity contribution in [2.24, 2.45) is 0 Å². The van der Waals surface area contributed by atoms with E-state index in [2.05, 4.69) is 4.90 Å². The second-order valence-corrected chi connectivity index (χ2v) is 5.16. The van der Waals surface area contributed by atoms with E-state index in [-0.39, 0.29) is 6.61 Å². The first-order valence-electron chi connectivity index (χ1n) is 7.20. The molecule has 21 heavy (non-hydrogen) atoms. The van der Waals surface area contributed by atoms with Gasteiger partial charge in [0.2, 0.25) is 0 Å². The Hall–Kier alpha value is -1.53. The van der Waals surface area contributed by atoms with Crippen LogP contribution >= 0.6 is 0 Å². The molecule has 1 aromatic rings. The zero-order valence-electron chi connectivity index (χ0n) is 11.9. The molecule has 0 atom stereocenters. The van der Waals surface area contributed by atoms with Crippen molar-refractivity contribution in [3.63, 3.8) is 0 Å². The van der Waals surface area contributed by atoms with Gasteiger partial charge >= 0.3 is 0 Å². The lowest BCUT2D eigenvalue weighted by molar-refractivity contribution is 0.0624. The molecule has 0 bridgehead atoms. The van der Waals surface area contributed by atoms with Gasteiger partial charge in [0.15, 0.2) is 0 Å². The molecule has 0 unspecified atom stereocenters. The van der Waals surface area contributed by atoms with E-state index in [1.165, 1.54) is 11.0 Å². The summed E-state index contributed by atoms with van der Waals surface area (Å²) in [6.07, 6.45) is 1.67. The first-order chi connectivity index (χ1) is 10.1. The van der Waals surface area contributed by atoms with Crippen LogP contribution in [0.25, 0.3) is 0 Å². The Morgan fingerprint density at radius 1 is 1.10 bits per heavy atom.